The molecule has 1 amide bonds. The summed E-state index contributed by atoms with van der Waals surface area (Å²) in [6.07, 6.45) is 3.23. The summed E-state index contributed by atoms with van der Waals surface area (Å²) >= 11 is 0. The number of ketones is 1. The summed E-state index contributed by atoms with van der Waals surface area (Å²) in [5, 5.41) is 21.6. The summed E-state index contributed by atoms with van der Waals surface area (Å²) in [5.74, 6) is -1.07. The number of aliphatic hydroxyl groups is 1. The molecule has 3 aromatic rings. The summed E-state index contributed by atoms with van der Waals surface area (Å²) in [5.41, 5.74) is 2.27. The van der Waals surface area contributed by atoms with Crippen molar-refractivity contribution in [3.8, 4) is 11.5 Å². The number of hydrogen-bond acceptors (Lipinski definition) is 6. The number of phenolic OH excluding ortho intramolecular Hbond substituents is 1. The average molecular weight is 487 g/mol. The lowest BCUT2D eigenvalue weighted by molar-refractivity contribution is -0.140. The highest BCUT2D eigenvalue weighted by Gasteiger charge is 2.46. The van der Waals surface area contributed by atoms with Crippen molar-refractivity contribution in [2.75, 3.05) is 6.61 Å². The fourth-order valence-electron chi connectivity index (χ4n) is 4.47. The van der Waals surface area contributed by atoms with Crippen molar-refractivity contribution < 1.29 is 24.5 Å². The lowest BCUT2D eigenvalue weighted by Crippen LogP contribution is -2.29. The largest absolute Gasteiger partial charge is 0.508 e. The zero-order valence-corrected chi connectivity index (χ0v) is 20.9. The maximum Gasteiger partial charge on any atom is 0.295 e. The van der Waals surface area contributed by atoms with E-state index >= 15 is 0 Å². The Morgan fingerprint density at radius 3 is 2.42 bits per heavy atom. The monoisotopic (exact) mass is 486 g/mol. The molecular weight excluding hydrogens is 456 g/mol. The fraction of sp³-hybridized carbons (Fsp3) is 0.276. The highest BCUT2D eigenvalue weighted by Crippen LogP contribution is 2.42. The highest BCUT2D eigenvalue weighted by atomic mass is 16.5. The van der Waals surface area contributed by atoms with Crippen molar-refractivity contribution in [2.45, 2.75) is 45.7 Å². The summed E-state index contributed by atoms with van der Waals surface area (Å²) in [6, 6.07) is 14.3. The summed E-state index contributed by atoms with van der Waals surface area (Å²) < 4.78 is 5.79. The summed E-state index contributed by atoms with van der Waals surface area (Å²) in [4.78, 5) is 32.0. The van der Waals surface area contributed by atoms with Crippen LogP contribution < -0.4 is 4.74 Å². The van der Waals surface area contributed by atoms with Crippen LogP contribution in [0.5, 0.6) is 11.5 Å². The van der Waals surface area contributed by atoms with E-state index in [2.05, 4.69) is 4.98 Å². The van der Waals surface area contributed by atoms with Crippen molar-refractivity contribution in [3.05, 3.63) is 94.8 Å². The fourth-order valence-corrected chi connectivity index (χ4v) is 4.47. The van der Waals surface area contributed by atoms with Gasteiger partial charge < -0.3 is 19.8 Å². The number of pyridine rings is 1. The van der Waals surface area contributed by atoms with Gasteiger partial charge in [0.2, 0.25) is 0 Å². The lowest BCUT2D eigenvalue weighted by atomic mass is 9.84. The number of aromatic nitrogens is 1. The molecule has 186 valence electrons. The zero-order valence-electron chi connectivity index (χ0n) is 20.9. The smallest absolute Gasteiger partial charge is 0.295 e. The van der Waals surface area contributed by atoms with Crippen LogP contribution >= 0.6 is 0 Å². The van der Waals surface area contributed by atoms with Gasteiger partial charge in [0, 0.05) is 30.1 Å². The van der Waals surface area contributed by atoms with Gasteiger partial charge in [-0.25, -0.2) is 0 Å². The van der Waals surface area contributed by atoms with E-state index in [4.69, 9.17) is 4.74 Å². The number of nitrogens with zero attached hydrogens (tertiary/aromatic N) is 2. The third kappa shape index (κ3) is 4.82. The first-order valence-corrected chi connectivity index (χ1v) is 11.9. The predicted octanol–water partition coefficient (Wildman–Crippen LogP) is 5.11. The van der Waals surface area contributed by atoms with Gasteiger partial charge in [0.05, 0.1) is 18.2 Å². The quantitative estimate of drug-likeness (QED) is 0.286. The number of Topliss-reactive ketones (excluding diaryl/α,β-unsaturated/α-hetero) is 1. The second kappa shape index (κ2) is 9.85. The maximum atomic E-state index is 13.3. The van der Waals surface area contributed by atoms with E-state index in [1.807, 2.05) is 27.7 Å². The Morgan fingerprint density at radius 1 is 1.06 bits per heavy atom. The van der Waals surface area contributed by atoms with Gasteiger partial charge in [0.25, 0.3) is 11.7 Å². The lowest BCUT2D eigenvalue weighted by Gasteiger charge is -2.26. The van der Waals surface area contributed by atoms with Crippen molar-refractivity contribution in [1.29, 1.82) is 0 Å². The van der Waals surface area contributed by atoms with Gasteiger partial charge in [-0.3, -0.25) is 14.6 Å². The molecule has 2 N–H and O–H groups in total. The molecule has 0 saturated carbocycles. The SMILES string of the molecule is CCOc1ccc(/C(O)=C2/C(=O)C(=O)N(Cc3ccncc3)C2c2cccc(O)c2)cc1C(C)(C)C. The number of ether oxygens (including phenoxy) is 1. The van der Waals surface area contributed by atoms with Crippen LogP contribution in [-0.4, -0.2) is 38.4 Å². The maximum absolute atomic E-state index is 13.3. The van der Waals surface area contributed by atoms with E-state index in [0.717, 1.165) is 11.1 Å². The molecule has 1 atom stereocenters. The Balaban J connectivity index is 1.89. The van der Waals surface area contributed by atoms with E-state index in [1.54, 1.807) is 54.9 Å². The molecule has 2 heterocycles. The Hall–Kier alpha value is -4.13. The Morgan fingerprint density at radius 2 is 1.78 bits per heavy atom. The number of carbonyl (C=O) groups excluding carboxylic acids is 2. The second-order valence-corrected chi connectivity index (χ2v) is 9.77. The van der Waals surface area contributed by atoms with E-state index in [-0.39, 0.29) is 29.0 Å². The van der Waals surface area contributed by atoms with Crippen molar-refractivity contribution in [3.63, 3.8) is 0 Å². The molecule has 1 aliphatic rings. The minimum Gasteiger partial charge on any atom is -0.508 e. The number of amides is 1. The van der Waals surface area contributed by atoms with E-state index in [0.29, 0.717) is 23.5 Å². The number of hydrogen-bond donors (Lipinski definition) is 2. The number of likely N-dealkylation sites (tertiary alicyclic amines) is 1. The second-order valence-electron chi connectivity index (χ2n) is 9.77. The van der Waals surface area contributed by atoms with Gasteiger partial charge in [-0.1, -0.05) is 32.9 Å². The highest BCUT2D eigenvalue weighted by molar-refractivity contribution is 6.46. The van der Waals surface area contributed by atoms with Crippen LogP contribution in [0.1, 0.15) is 56.0 Å². The molecule has 0 spiro atoms. The van der Waals surface area contributed by atoms with Crippen LogP contribution in [0.25, 0.3) is 5.76 Å². The standard InChI is InChI=1S/C29H30N2O5/c1-5-36-23-10-9-20(16-22(23)29(2,3)4)26(33)24-25(19-7-6-8-21(32)15-19)31(28(35)27(24)34)17-18-11-13-30-14-12-18/h6-16,25,32-33H,5,17H2,1-4H3/b26-24-. The van der Waals surface area contributed by atoms with Crippen molar-refractivity contribution in [2.24, 2.45) is 0 Å². The number of rotatable bonds is 6. The zero-order chi connectivity index (χ0) is 26.0. The molecule has 0 aliphatic carbocycles. The third-order valence-corrected chi connectivity index (χ3v) is 6.19. The van der Waals surface area contributed by atoms with Gasteiger partial charge in [0.1, 0.15) is 17.3 Å². The van der Waals surface area contributed by atoms with Crippen molar-refractivity contribution in [1.82, 2.24) is 9.88 Å². The minimum atomic E-state index is -0.880. The van der Waals surface area contributed by atoms with E-state index in [1.165, 1.54) is 17.0 Å². The van der Waals surface area contributed by atoms with Crippen LogP contribution in [-0.2, 0) is 21.5 Å². The third-order valence-electron chi connectivity index (χ3n) is 6.19. The number of phenols is 1. The van der Waals surface area contributed by atoms with Crippen LogP contribution in [0.4, 0.5) is 0 Å². The molecule has 1 aromatic heterocycles. The average Bonchev–Trinajstić information content (AvgIpc) is 3.09. The number of aromatic hydroxyl groups is 1. The van der Waals surface area contributed by atoms with E-state index < -0.39 is 17.7 Å². The summed E-state index contributed by atoms with van der Waals surface area (Å²) in [6.45, 7) is 8.64. The molecule has 1 aliphatic heterocycles. The number of aliphatic hydroxyl groups excluding tert-OH is 1. The van der Waals surface area contributed by atoms with Gasteiger partial charge >= 0.3 is 0 Å². The van der Waals surface area contributed by atoms with Gasteiger partial charge in [-0.15, -0.1) is 0 Å². The molecule has 2 aromatic carbocycles. The predicted molar refractivity (Wildman–Crippen MR) is 137 cm³/mol. The first kappa shape index (κ1) is 25.0. The molecule has 1 fully saturated rings. The van der Waals surface area contributed by atoms with Gasteiger partial charge in [-0.2, -0.15) is 0 Å². The Labute approximate surface area is 210 Å². The van der Waals surface area contributed by atoms with Crippen LogP contribution in [0, 0.1) is 0 Å². The normalized spacial score (nSPS) is 17.4. The molecule has 0 radical (unpaired) electrons. The number of benzene rings is 2. The van der Waals surface area contributed by atoms with Crippen LogP contribution in [0.3, 0.4) is 0 Å². The molecule has 1 saturated heterocycles. The molecular formula is C29H30N2O5. The molecule has 36 heavy (non-hydrogen) atoms. The minimum absolute atomic E-state index is 0.00177. The van der Waals surface area contributed by atoms with Gasteiger partial charge in [0.15, 0.2) is 0 Å². The molecule has 4 rings (SSSR count). The van der Waals surface area contributed by atoms with Gasteiger partial charge in [-0.05, 0) is 65.9 Å². The molecule has 0 bridgehead atoms. The molecule has 7 heteroatoms. The van der Waals surface area contributed by atoms with Crippen molar-refractivity contribution >= 4 is 17.4 Å². The first-order valence-electron chi connectivity index (χ1n) is 11.9. The van der Waals surface area contributed by atoms with Crippen LogP contribution in [0.2, 0.25) is 0 Å². The Kier molecular flexibility index (Phi) is 6.84. The van der Waals surface area contributed by atoms with E-state index in [9.17, 15) is 19.8 Å². The molecule has 1 unspecified atom stereocenters. The summed E-state index contributed by atoms with van der Waals surface area (Å²) in [7, 11) is 0. The molecule has 7 nitrogen and oxygen atoms in total. The van der Waals surface area contributed by atoms with Crippen LogP contribution in [0.15, 0.2) is 72.6 Å². The Bertz CT molecular complexity index is 1320. The topological polar surface area (TPSA) is 100.0 Å². The number of carbonyl (C=O) groups is 2. The first-order chi connectivity index (χ1) is 17.1.